The van der Waals surface area contributed by atoms with Gasteiger partial charge in [-0.2, -0.15) is 0 Å². The smallest absolute Gasteiger partial charge is 0.123 e. The molecule has 1 aromatic carbocycles. The molecule has 2 aliphatic heterocycles. The van der Waals surface area contributed by atoms with Crippen molar-refractivity contribution in [3.05, 3.63) is 29.6 Å². The maximum absolute atomic E-state index is 13.3. The molecule has 0 bridgehead atoms. The number of nitrogens with zero attached hydrogens (tertiary/aromatic N) is 1. The summed E-state index contributed by atoms with van der Waals surface area (Å²) in [5.41, 5.74) is 1.01. The number of nitrogens with one attached hydrogen (secondary N) is 1. The van der Waals surface area contributed by atoms with Crippen molar-refractivity contribution in [2.45, 2.75) is 51.3 Å². The molecule has 1 saturated heterocycles. The molecule has 0 radical (unpaired) electrons. The van der Waals surface area contributed by atoms with E-state index in [1.165, 1.54) is 12.5 Å². The zero-order chi connectivity index (χ0) is 14.8. The molecule has 3 unspecified atom stereocenters. The molecule has 2 aliphatic rings. The molecule has 116 valence electrons. The lowest BCUT2D eigenvalue weighted by Crippen LogP contribution is -2.44. The van der Waals surface area contributed by atoms with E-state index in [9.17, 15) is 4.39 Å². The van der Waals surface area contributed by atoms with Gasteiger partial charge in [0.1, 0.15) is 17.7 Å². The molecule has 4 heteroatoms. The standard InChI is InChI=1S/C17H25FN2O/c1-3-15-10-20(12(2)6-7-19-15)11-16-9-13-8-14(18)4-5-17(13)21-16/h4-5,8,12,15-16,19H,3,6-7,9-11H2,1-2H3. The van der Waals surface area contributed by atoms with Crippen LogP contribution < -0.4 is 10.1 Å². The summed E-state index contributed by atoms with van der Waals surface area (Å²) in [5.74, 6) is 0.686. The molecule has 3 nitrogen and oxygen atoms in total. The highest BCUT2D eigenvalue weighted by Crippen LogP contribution is 2.30. The number of ether oxygens (including phenoxy) is 1. The molecule has 1 aromatic rings. The van der Waals surface area contributed by atoms with Gasteiger partial charge in [0.05, 0.1) is 0 Å². The van der Waals surface area contributed by atoms with Crippen molar-refractivity contribution in [2.24, 2.45) is 0 Å². The fourth-order valence-electron chi connectivity index (χ4n) is 3.39. The molecule has 3 rings (SSSR count). The van der Waals surface area contributed by atoms with Crippen LogP contribution in [0, 0.1) is 5.82 Å². The second-order valence-corrected chi connectivity index (χ2v) is 6.35. The molecular weight excluding hydrogens is 267 g/mol. The highest BCUT2D eigenvalue weighted by atomic mass is 19.1. The van der Waals surface area contributed by atoms with Crippen molar-refractivity contribution in [3.8, 4) is 5.75 Å². The van der Waals surface area contributed by atoms with Gasteiger partial charge in [0.2, 0.25) is 0 Å². The van der Waals surface area contributed by atoms with Crippen molar-refractivity contribution >= 4 is 0 Å². The molecule has 3 atom stereocenters. The van der Waals surface area contributed by atoms with E-state index >= 15 is 0 Å². The zero-order valence-electron chi connectivity index (χ0n) is 12.9. The molecule has 0 saturated carbocycles. The molecule has 0 spiro atoms. The normalized spacial score (nSPS) is 29.8. The number of hydrogen-bond acceptors (Lipinski definition) is 3. The third kappa shape index (κ3) is 3.38. The summed E-state index contributed by atoms with van der Waals surface area (Å²) < 4.78 is 19.3. The van der Waals surface area contributed by atoms with Gasteiger partial charge in [-0.3, -0.25) is 4.90 Å². The van der Waals surface area contributed by atoms with Gasteiger partial charge in [0, 0.05) is 37.2 Å². The van der Waals surface area contributed by atoms with Crippen LogP contribution in [0.2, 0.25) is 0 Å². The summed E-state index contributed by atoms with van der Waals surface area (Å²) in [5, 5.41) is 3.61. The Labute approximate surface area is 126 Å². The predicted molar refractivity (Wildman–Crippen MR) is 82.3 cm³/mol. The first kappa shape index (κ1) is 14.8. The lowest BCUT2D eigenvalue weighted by atomic mass is 10.1. The first-order valence-electron chi connectivity index (χ1n) is 8.08. The van der Waals surface area contributed by atoms with E-state index < -0.39 is 0 Å². The zero-order valence-corrected chi connectivity index (χ0v) is 12.9. The Balaban J connectivity index is 1.64. The quantitative estimate of drug-likeness (QED) is 0.927. The van der Waals surface area contributed by atoms with Gasteiger partial charge in [-0.1, -0.05) is 6.92 Å². The fourth-order valence-corrected chi connectivity index (χ4v) is 3.39. The Morgan fingerprint density at radius 2 is 2.29 bits per heavy atom. The van der Waals surface area contributed by atoms with Crippen LogP contribution in [-0.4, -0.2) is 42.7 Å². The Morgan fingerprint density at radius 3 is 3.10 bits per heavy atom. The Morgan fingerprint density at radius 1 is 1.43 bits per heavy atom. The summed E-state index contributed by atoms with van der Waals surface area (Å²) in [7, 11) is 0. The third-order valence-corrected chi connectivity index (χ3v) is 4.77. The topological polar surface area (TPSA) is 24.5 Å². The third-order valence-electron chi connectivity index (χ3n) is 4.77. The van der Waals surface area contributed by atoms with Crippen molar-refractivity contribution < 1.29 is 9.13 Å². The van der Waals surface area contributed by atoms with E-state index in [0.29, 0.717) is 12.1 Å². The fraction of sp³-hybridized carbons (Fsp3) is 0.647. The van der Waals surface area contributed by atoms with E-state index in [2.05, 4.69) is 24.1 Å². The summed E-state index contributed by atoms with van der Waals surface area (Å²) in [6.45, 7) is 7.61. The SMILES string of the molecule is CCC1CN(CC2Cc3cc(F)ccc3O2)C(C)CCN1. The van der Waals surface area contributed by atoms with Crippen molar-refractivity contribution in [2.75, 3.05) is 19.6 Å². The van der Waals surface area contributed by atoms with Gasteiger partial charge in [0.25, 0.3) is 0 Å². The van der Waals surface area contributed by atoms with Gasteiger partial charge in [-0.15, -0.1) is 0 Å². The second kappa shape index (κ2) is 6.32. The number of halogens is 1. The molecule has 1 fully saturated rings. The highest BCUT2D eigenvalue weighted by molar-refractivity contribution is 5.37. The van der Waals surface area contributed by atoms with Gasteiger partial charge < -0.3 is 10.1 Å². The molecule has 21 heavy (non-hydrogen) atoms. The largest absolute Gasteiger partial charge is 0.488 e. The summed E-state index contributed by atoms with van der Waals surface area (Å²) in [6, 6.07) is 5.98. The van der Waals surface area contributed by atoms with Crippen LogP contribution in [0.3, 0.4) is 0 Å². The minimum atomic E-state index is -0.170. The van der Waals surface area contributed by atoms with Crippen LogP contribution in [0.15, 0.2) is 18.2 Å². The van der Waals surface area contributed by atoms with Gasteiger partial charge >= 0.3 is 0 Å². The average Bonchev–Trinajstić information content (AvgIpc) is 2.77. The van der Waals surface area contributed by atoms with Crippen LogP contribution in [0.5, 0.6) is 5.75 Å². The molecule has 0 aromatic heterocycles. The number of hydrogen-bond donors (Lipinski definition) is 1. The van der Waals surface area contributed by atoms with E-state index in [1.54, 1.807) is 12.1 Å². The maximum atomic E-state index is 13.3. The summed E-state index contributed by atoms with van der Waals surface area (Å²) >= 11 is 0. The van der Waals surface area contributed by atoms with Crippen molar-refractivity contribution in [3.63, 3.8) is 0 Å². The van der Waals surface area contributed by atoms with Gasteiger partial charge in [-0.25, -0.2) is 4.39 Å². The van der Waals surface area contributed by atoms with Gasteiger partial charge in [0.15, 0.2) is 0 Å². The first-order chi connectivity index (χ1) is 10.2. The summed E-state index contributed by atoms with van der Waals surface area (Å²) in [6.07, 6.45) is 3.30. The number of benzene rings is 1. The van der Waals surface area contributed by atoms with E-state index in [-0.39, 0.29) is 11.9 Å². The highest BCUT2D eigenvalue weighted by Gasteiger charge is 2.29. The number of fused-ring (bicyclic) bond motifs is 1. The van der Waals surface area contributed by atoms with Crippen LogP contribution in [-0.2, 0) is 6.42 Å². The molecule has 0 amide bonds. The van der Waals surface area contributed by atoms with Crippen molar-refractivity contribution in [1.29, 1.82) is 0 Å². The Bertz CT molecular complexity index is 494. The minimum absolute atomic E-state index is 0.153. The summed E-state index contributed by atoms with van der Waals surface area (Å²) in [4.78, 5) is 2.53. The molecular formula is C17H25FN2O. The monoisotopic (exact) mass is 292 g/mol. The minimum Gasteiger partial charge on any atom is -0.488 e. The van der Waals surface area contributed by atoms with Crippen LogP contribution >= 0.6 is 0 Å². The number of rotatable bonds is 3. The lowest BCUT2D eigenvalue weighted by molar-refractivity contribution is 0.119. The second-order valence-electron chi connectivity index (χ2n) is 6.35. The first-order valence-corrected chi connectivity index (χ1v) is 8.08. The van der Waals surface area contributed by atoms with E-state index in [1.807, 2.05) is 0 Å². The predicted octanol–water partition coefficient (Wildman–Crippen LogP) is 2.59. The van der Waals surface area contributed by atoms with Gasteiger partial charge in [-0.05, 0) is 44.5 Å². The molecule has 1 N–H and O–H groups in total. The van der Waals surface area contributed by atoms with E-state index in [4.69, 9.17) is 4.74 Å². The van der Waals surface area contributed by atoms with Crippen LogP contribution in [0.25, 0.3) is 0 Å². The average molecular weight is 292 g/mol. The van der Waals surface area contributed by atoms with Crippen LogP contribution in [0.1, 0.15) is 32.3 Å². The Hall–Kier alpha value is -1.13. The molecule has 2 heterocycles. The van der Waals surface area contributed by atoms with Crippen LogP contribution in [0.4, 0.5) is 4.39 Å². The van der Waals surface area contributed by atoms with Crippen molar-refractivity contribution in [1.82, 2.24) is 10.2 Å². The molecule has 0 aliphatic carbocycles. The van der Waals surface area contributed by atoms with E-state index in [0.717, 1.165) is 43.8 Å². The Kier molecular flexibility index (Phi) is 4.45. The lowest BCUT2D eigenvalue weighted by Gasteiger charge is -2.30. The maximum Gasteiger partial charge on any atom is 0.123 e.